The van der Waals surface area contributed by atoms with Gasteiger partial charge in [-0.2, -0.15) is 0 Å². The SMILES string of the molecule is CN(CC1CC1)C(C)(C)CBr. The first-order chi connectivity index (χ1) is 5.06. The van der Waals surface area contributed by atoms with Gasteiger partial charge in [-0.15, -0.1) is 0 Å². The average molecular weight is 220 g/mol. The Morgan fingerprint density at radius 2 is 2.00 bits per heavy atom. The number of nitrogens with zero attached hydrogens (tertiary/aromatic N) is 1. The molecule has 66 valence electrons. The molecule has 0 radical (unpaired) electrons. The molecule has 2 heteroatoms. The number of hydrogen-bond donors (Lipinski definition) is 0. The molecule has 1 aliphatic rings. The summed E-state index contributed by atoms with van der Waals surface area (Å²) in [5.41, 5.74) is 0.322. The van der Waals surface area contributed by atoms with E-state index in [1.165, 1.54) is 19.4 Å². The van der Waals surface area contributed by atoms with Crippen molar-refractivity contribution < 1.29 is 0 Å². The van der Waals surface area contributed by atoms with Gasteiger partial charge < -0.3 is 4.90 Å². The van der Waals surface area contributed by atoms with Crippen molar-refractivity contribution in [2.24, 2.45) is 5.92 Å². The summed E-state index contributed by atoms with van der Waals surface area (Å²) in [4.78, 5) is 2.46. The van der Waals surface area contributed by atoms with Gasteiger partial charge in [0.1, 0.15) is 0 Å². The molecule has 1 rings (SSSR count). The summed E-state index contributed by atoms with van der Waals surface area (Å²) in [5, 5.41) is 1.06. The molecule has 1 nitrogen and oxygen atoms in total. The van der Waals surface area contributed by atoms with Crippen molar-refractivity contribution in [2.45, 2.75) is 32.2 Å². The van der Waals surface area contributed by atoms with E-state index in [1.54, 1.807) is 0 Å². The molecule has 0 heterocycles. The maximum Gasteiger partial charge on any atom is 0.0247 e. The molecule has 0 unspecified atom stereocenters. The lowest BCUT2D eigenvalue weighted by Crippen LogP contribution is -2.43. The van der Waals surface area contributed by atoms with Crippen LogP contribution in [-0.4, -0.2) is 29.4 Å². The van der Waals surface area contributed by atoms with Gasteiger partial charge in [0.25, 0.3) is 0 Å². The minimum absolute atomic E-state index is 0.322. The summed E-state index contributed by atoms with van der Waals surface area (Å²) in [7, 11) is 2.22. The van der Waals surface area contributed by atoms with Crippen molar-refractivity contribution in [2.75, 3.05) is 18.9 Å². The summed E-state index contributed by atoms with van der Waals surface area (Å²) in [6.07, 6.45) is 2.89. The Kier molecular flexibility index (Phi) is 2.98. The van der Waals surface area contributed by atoms with Crippen molar-refractivity contribution in [1.82, 2.24) is 4.90 Å². The molecule has 0 saturated heterocycles. The highest BCUT2D eigenvalue weighted by Crippen LogP contribution is 2.31. The molecular weight excluding hydrogens is 202 g/mol. The molecule has 0 atom stereocenters. The quantitative estimate of drug-likeness (QED) is 0.658. The predicted octanol–water partition coefficient (Wildman–Crippen LogP) is 2.50. The van der Waals surface area contributed by atoms with Crippen LogP contribution in [0.25, 0.3) is 0 Å². The third kappa shape index (κ3) is 2.75. The lowest BCUT2D eigenvalue weighted by molar-refractivity contribution is 0.174. The van der Waals surface area contributed by atoms with Gasteiger partial charge in [0.05, 0.1) is 0 Å². The molecule has 1 aliphatic carbocycles. The van der Waals surface area contributed by atoms with Crippen molar-refractivity contribution in [3.8, 4) is 0 Å². The van der Waals surface area contributed by atoms with E-state index in [1.807, 2.05) is 0 Å². The van der Waals surface area contributed by atoms with Crippen LogP contribution in [0.1, 0.15) is 26.7 Å². The van der Waals surface area contributed by atoms with Crippen molar-refractivity contribution in [3.63, 3.8) is 0 Å². The van der Waals surface area contributed by atoms with E-state index in [2.05, 4.69) is 41.7 Å². The molecule has 11 heavy (non-hydrogen) atoms. The molecule has 0 amide bonds. The Morgan fingerprint density at radius 1 is 1.45 bits per heavy atom. The lowest BCUT2D eigenvalue weighted by atomic mass is 10.1. The van der Waals surface area contributed by atoms with Gasteiger partial charge in [0.2, 0.25) is 0 Å². The fourth-order valence-corrected chi connectivity index (χ4v) is 1.46. The van der Waals surface area contributed by atoms with Gasteiger partial charge in [-0.05, 0) is 39.7 Å². The van der Waals surface area contributed by atoms with Crippen LogP contribution in [0.15, 0.2) is 0 Å². The minimum Gasteiger partial charge on any atom is -0.300 e. The first-order valence-electron chi connectivity index (χ1n) is 4.33. The number of hydrogen-bond acceptors (Lipinski definition) is 1. The molecule has 0 aromatic rings. The fraction of sp³-hybridized carbons (Fsp3) is 1.00. The van der Waals surface area contributed by atoms with Crippen LogP contribution in [0.3, 0.4) is 0 Å². The normalized spacial score (nSPS) is 19.4. The van der Waals surface area contributed by atoms with E-state index in [0.29, 0.717) is 5.54 Å². The largest absolute Gasteiger partial charge is 0.300 e. The van der Waals surface area contributed by atoms with E-state index in [4.69, 9.17) is 0 Å². The average Bonchev–Trinajstić information content (AvgIpc) is 2.72. The zero-order chi connectivity index (χ0) is 8.48. The predicted molar refractivity (Wildman–Crippen MR) is 53.2 cm³/mol. The molecule has 0 spiro atoms. The topological polar surface area (TPSA) is 3.24 Å². The first-order valence-corrected chi connectivity index (χ1v) is 5.45. The Bertz CT molecular complexity index is 130. The molecule has 0 aromatic heterocycles. The van der Waals surface area contributed by atoms with E-state index >= 15 is 0 Å². The highest BCUT2D eigenvalue weighted by atomic mass is 79.9. The second-order valence-electron chi connectivity index (χ2n) is 4.27. The Hall–Kier alpha value is 0.440. The van der Waals surface area contributed by atoms with Crippen LogP contribution in [0, 0.1) is 5.92 Å². The zero-order valence-corrected chi connectivity index (χ0v) is 9.32. The van der Waals surface area contributed by atoms with E-state index < -0.39 is 0 Å². The van der Waals surface area contributed by atoms with Crippen LogP contribution < -0.4 is 0 Å². The van der Waals surface area contributed by atoms with Crippen LogP contribution in [-0.2, 0) is 0 Å². The van der Waals surface area contributed by atoms with Crippen LogP contribution in [0.2, 0.25) is 0 Å². The maximum atomic E-state index is 3.54. The van der Waals surface area contributed by atoms with E-state index in [9.17, 15) is 0 Å². The summed E-state index contributed by atoms with van der Waals surface area (Å²) in [6.45, 7) is 5.84. The van der Waals surface area contributed by atoms with E-state index in [0.717, 1.165) is 11.2 Å². The number of halogens is 1. The molecule has 0 aliphatic heterocycles. The third-order valence-electron chi connectivity index (χ3n) is 2.59. The van der Waals surface area contributed by atoms with Gasteiger partial charge in [-0.25, -0.2) is 0 Å². The van der Waals surface area contributed by atoms with Crippen LogP contribution in [0.5, 0.6) is 0 Å². The summed E-state index contributed by atoms with van der Waals surface area (Å²) >= 11 is 3.54. The summed E-state index contributed by atoms with van der Waals surface area (Å²) in [6, 6.07) is 0. The highest BCUT2D eigenvalue weighted by molar-refractivity contribution is 9.09. The molecule has 0 N–H and O–H groups in total. The standard InChI is InChI=1S/C9H18BrN/c1-9(2,7-10)11(3)6-8-4-5-8/h8H,4-7H2,1-3H3. The van der Waals surface area contributed by atoms with Gasteiger partial charge in [0.15, 0.2) is 0 Å². The van der Waals surface area contributed by atoms with Gasteiger partial charge >= 0.3 is 0 Å². The monoisotopic (exact) mass is 219 g/mol. The number of rotatable bonds is 4. The Morgan fingerprint density at radius 3 is 2.36 bits per heavy atom. The highest BCUT2D eigenvalue weighted by Gasteiger charge is 2.29. The first kappa shape index (κ1) is 9.53. The second-order valence-corrected chi connectivity index (χ2v) is 4.83. The molecule has 0 bridgehead atoms. The van der Waals surface area contributed by atoms with E-state index in [-0.39, 0.29) is 0 Å². The minimum atomic E-state index is 0.322. The third-order valence-corrected chi connectivity index (χ3v) is 3.96. The molecule has 1 saturated carbocycles. The molecule has 0 aromatic carbocycles. The number of alkyl halides is 1. The van der Waals surface area contributed by atoms with Crippen molar-refractivity contribution >= 4 is 15.9 Å². The molecular formula is C9H18BrN. The van der Waals surface area contributed by atoms with Gasteiger partial charge in [0, 0.05) is 17.4 Å². The van der Waals surface area contributed by atoms with Crippen LogP contribution >= 0.6 is 15.9 Å². The Labute approximate surface area is 78.3 Å². The van der Waals surface area contributed by atoms with Gasteiger partial charge in [-0.3, -0.25) is 0 Å². The van der Waals surface area contributed by atoms with Crippen molar-refractivity contribution in [3.05, 3.63) is 0 Å². The van der Waals surface area contributed by atoms with Crippen LogP contribution in [0.4, 0.5) is 0 Å². The smallest absolute Gasteiger partial charge is 0.0247 e. The summed E-state index contributed by atoms with van der Waals surface area (Å²) in [5.74, 6) is 0.998. The van der Waals surface area contributed by atoms with Gasteiger partial charge in [-0.1, -0.05) is 15.9 Å². The second kappa shape index (κ2) is 3.44. The Balaban J connectivity index is 2.31. The molecule has 1 fully saturated rings. The lowest BCUT2D eigenvalue weighted by Gasteiger charge is -2.34. The fourth-order valence-electron chi connectivity index (χ4n) is 1.04. The summed E-state index contributed by atoms with van der Waals surface area (Å²) < 4.78 is 0. The zero-order valence-electron chi connectivity index (χ0n) is 7.73. The maximum absolute atomic E-state index is 3.54. The van der Waals surface area contributed by atoms with Crippen molar-refractivity contribution in [1.29, 1.82) is 0 Å².